The fourth-order valence-corrected chi connectivity index (χ4v) is 5.78. The zero-order valence-electron chi connectivity index (χ0n) is 20.6. The van der Waals surface area contributed by atoms with Crippen LogP contribution in [0, 0.1) is 18.3 Å². The first kappa shape index (κ1) is 26.1. The Morgan fingerprint density at radius 2 is 1.78 bits per heavy atom. The van der Waals surface area contributed by atoms with E-state index in [9.17, 15) is 14.9 Å². The number of nitrogens with zero attached hydrogens (tertiary/aromatic N) is 1. The highest BCUT2D eigenvalue weighted by Crippen LogP contribution is 2.42. The Hall–Kier alpha value is -4.00. The molecule has 0 radical (unpaired) electrons. The number of benzene rings is 2. The number of carbonyl (C=O) groups excluding carboxylic acids is 2. The lowest BCUT2D eigenvalue weighted by Gasteiger charge is -2.29. The molecule has 2 heterocycles. The van der Waals surface area contributed by atoms with Gasteiger partial charge in [0.2, 0.25) is 5.91 Å². The van der Waals surface area contributed by atoms with E-state index in [0.29, 0.717) is 33.3 Å². The molecule has 188 valence electrons. The lowest BCUT2D eigenvalue weighted by molar-refractivity contribution is -0.114. The lowest BCUT2D eigenvalue weighted by Crippen LogP contribution is -2.31. The molecule has 0 spiro atoms. The third kappa shape index (κ3) is 5.88. The van der Waals surface area contributed by atoms with Crippen molar-refractivity contribution in [3.8, 4) is 11.8 Å². The predicted octanol–water partition coefficient (Wildman–Crippen LogP) is 5.77. The second-order valence-corrected chi connectivity index (χ2v) is 10.2. The van der Waals surface area contributed by atoms with Gasteiger partial charge in [0.25, 0.3) is 5.91 Å². The molecule has 1 aliphatic rings. The van der Waals surface area contributed by atoms with E-state index < -0.39 is 5.92 Å². The van der Waals surface area contributed by atoms with Gasteiger partial charge in [0.15, 0.2) is 0 Å². The summed E-state index contributed by atoms with van der Waals surface area (Å²) in [5.41, 5.74) is 3.71. The Kier molecular flexibility index (Phi) is 8.33. The van der Waals surface area contributed by atoms with Crippen LogP contribution in [0.1, 0.15) is 23.3 Å². The molecule has 1 aromatic heterocycles. The molecule has 1 aliphatic heterocycles. The number of allylic oxidation sites excluding steroid dienone is 2. The van der Waals surface area contributed by atoms with Gasteiger partial charge in [0.05, 0.1) is 41.1 Å². The quantitative estimate of drug-likeness (QED) is 0.342. The number of nitriles is 1. The summed E-state index contributed by atoms with van der Waals surface area (Å²) in [6.45, 7) is 3.74. The largest absolute Gasteiger partial charge is 0.495 e. The van der Waals surface area contributed by atoms with Gasteiger partial charge in [-0.15, -0.1) is 11.3 Å². The zero-order valence-corrected chi connectivity index (χ0v) is 22.3. The van der Waals surface area contributed by atoms with E-state index in [4.69, 9.17) is 4.74 Å². The van der Waals surface area contributed by atoms with E-state index in [2.05, 4.69) is 22.0 Å². The smallest absolute Gasteiger partial charge is 0.254 e. The Bertz CT molecular complexity index is 1420. The highest BCUT2D eigenvalue weighted by molar-refractivity contribution is 8.03. The lowest BCUT2D eigenvalue weighted by atomic mass is 9.86. The second-order valence-electron chi connectivity index (χ2n) is 8.27. The number of para-hydroxylation sites is 3. The van der Waals surface area contributed by atoms with Crippen LogP contribution >= 0.6 is 23.1 Å². The molecule has 0 saturated heterocycles. The van der Waals surface area contributed by atoms with Gasteiger partial charge in [-0.05, 0) is 49.1 Å². The van der Waals surface area contributed by atoms with Crippen molar-refractivity contribution in [2.45, 2.75) is 19.8 Å². The van der Waals surface area contributed by atoms with E-state index in [-0.39, 0.29) is 17.6 Å². The highest BCUT2D eigenvalue weighted by Gasteiger charge is 2.35. The van der Waals surface area contributed by atoms with Crippen molar-refractivity contribution >= 4 is 46.3 Å². The normalized spacial score (nSPS) is 15.0. The van der Waals surface area contributed by atoms with Crippen molar-refractivity contribution in [3.05, 3.63) is 98.4 Å². The van der Waals surface area contributed by atoms with Gasteiger partial charge < -0.3 is 20.7 Å². The van der Waals surface area contributed by atoms with E-state index >= 15 is 0 Å². The van der Waals surface area contributed by atoms with Crippen molar-refractivity contribution in [3.63, 3.8) is 0 Å². The van der Waals surface area contributed by atoms with Crippen molar-refractivity contribution in [1.82, 2.24) is 5.32 Å². The summed E-state index contributed by atoms with van der Waals surface area (Å²) in [5.74, 6) is -0.433. The second kappa shape index (κ2) is 11.8. The number of thiophene rings is 1. The molecule has 0 bridgehead atoms. The minimum atomic E-state index is -0.567. The van der Waals surface area contributed by atoms with E-state index in [1.165, 1.54) is 23.1 Å². The first-order valence-corrected chi connectivity index (χ1v) is 13.4. The fourth-order valence-electron chi connectivity index (χ4n) is 4.04. The van der Waals surface area contributed by atoms with Gasteiger partial charge in [-0.2, -0.15) is 5.26 Å². The zero-order chi connectivity index (χ0) is 26.4. The van der Waals surface area contributed by atoms with Crippen LogP contribution in [-0.2, 0) is 9.59 Å². The number of methoxy groups -OCH3 is 1. The molecule has 0 aliphatic carbocycles. The number of rotatable bonds is 8. The number of aryl methyl sites for hydroxylation is 1. The number of nitrogens with one attached hydrogen (secondary N) is 3. The molecule has 37 heavy (non-hydrogen) atoms. The third-order valence-electron chi connectivity index (χ3n) is 5.84. The van der Waals surface area contributed by atoms with Gasteiger partial charge in [-0.25, -0.2) is 0 Å². The van der Waals surface area contributed by atoms with E-state index in [1.54, 1.807) is 26.2 Å². The molecule has 9 heteroatoms. The molecule has 1 atom stereocenters. The minimum Gasteiger partial charge on any atom is -0.495 e. The summed E-state index contributed by atoms with van der Waals surface area (Å²) in [7, 11) is 1.54. The predicted molar refractivity (Wildman–Crippen MR) is 149 cm³/mol. The van der Waals surface area contributed by atoms with Crippen LogP contribution in [0.25, 0.3) is 0 Å². The first-order valence-electron chi connectivity index (χ1n) is 11.5. The van der Waals surface area contributed by atoms with Gasteiger partial charge in [-0.3, -0.25) is 9.59 Å². The Balaban J connectivity index is 1.60. The molecule has 7 nitrogen and oxygen atoms in total. The van der Waals surface area contributed by atoms with E-state index in [0.717, 1.165) is 16.1 Å². The number of anilines is 2. The number of hydrogen-bond donors (Lipinski definition) is 3. The summed E-state index contributed by atoms with van der Waals surface area (Å²) in [5, 5.41) is 21.7. The summed E-state index contributed by atoms with van der Waals surface area (Å²) in [6.07, 6.45) is 0. The van der Waals surface area contributed by atoms with Crippen LogP contribution in [-0.4, -0.2) is 24.7 Å². The monoisotopic (exact) mass is 530 g/mol. The van der Waals surface area contributed by atoms with Crippen LogP contribution in [0.2, 0.25) is 0 Å². The molecule has 4 rings (SSSR count). The molecule has 3 aromatic rings. The van der Waals surface area contributed by atoms with Crippen molar-refractivity contribution in [2.75, 3.05) is 23.5 Å². The van der Waals surface area contributed by atoms with Crippen molar-refractivity contribution < 1.29 is 14.3 Å². The molecule has 3 N–H and O–H groups in total. The highest BCUT2D eigenvalue weighted by atomic mass is 32.2. The average Bonchev–Trinajstić information content (AvgIpc) is 3.43. The van der Waals surface area contributed by atoms with Crippen LogP contribution in [0.3, 0.4) is 0 Å². The van der Waals surface area contributed by atoms with Gasteiger partial charge in [0.1, 0.15) is 5.75 Å². The van der Waals surface area contributed by atoms with Crippen LogP contribution in [0.5, 0.6) is 5.75 Å². The Labute approximate surface area is 224 Å². The number of ether oxygens (including phenoxy) is 1. The van der Waals surface area contributed by atoms with Gasteiger partial charge >= 0.3 is 0 Å². The number of amides is 2. The van der Waals surface area contributed by atoms with Crippen molar-refractivity contribution in [1.29, 1.82) is 5.26 Å². The Morgan fingerprint density at radius 1 is 1.05 bits per heavy atom. The van der Waals surface area contributed by atoms with Crippen molar-refractivity contribution in [2.24, 2.45) is 0 Å². The standard InChI is InChI=1S/C28H26N4O3S2/c1-17-9-4-5-10-20(17)31-24(33)16-37-28-19(15-29)26(23-13-8-14-36-23)25(18(2)30-28)27(34)32-21-11-6-7-12-22(21)35-3/h4-14,26,30H,16H2,1-3H3,(H,31,33)(H,32,34)/t26-/m0/s1. The molecular weight excluding hydrogens is 504 g/mol. The topological polar surface area (TPSA) is 103 Å². The number of hydrogen-bond acceptors (Lipinski definition) is 7. The third-order valence-corrected chi connectivity index (χ3v) is 7.80. The molecule has 2 aromatic carbocycles. The summed E-state index contributed by atoms with van der Waals surface area (Å²) < 4.78 is 5.38. The minimum absolute atomic E-state index is 0.106. The SMILES string of the molecule is COc1ccccc1NC(=O)C1=C(C)NC(SCC(=O)Nc2ccccc2C)=C(C#N)[C@H]1c1cccs1. The Morgan fingerprint density at radius 3 is 2.46 bits per heavy atom. The summed E-state index contributed by atoms with van der Waals surface area (Å²) in [6, 6.07) is 20.8. The fraction of sp³-hybridized carbons (Fsp3) is 0.179. The summed E-state index contributed by atoms with van der Waals surface area (Å²) in [4.78, 5) is 27.1. The van der Waals surface area contributed by atoms with Crippen LogP contribution < -0.4 is 20.7 Å². The number of carbonyl (C=O) groups is 2. The molecular formula is C28H26N4O3S2. The molecule has 0 saturated carbocycles. The maximum Gasteiger partial charge on any atom is 0.254 e. The summed E-state index contributed by atoms with van der Waals surface area (Å²) >= 11 is 2.72. The van der Waals surface area contributed by atoms with Gasteiger partial charge in [-0.1, -0.05) is 48.2 Å². The van der Waals surface area contributed by atoms with Crippen LogP contribution in [0.15, 0.2) is 87.9 Å². The number of dihydropyridines is 1. The average molecular weight is 531 g/mol. The van der Waals surface area contributed by atoms with E-state index in [1.807, 2.05) is 60.8 Å². The maximum absolute atomic E-state index is 13.6. The molecule has 2 amide bonds. The molecule has 0 fully saturated rings. The maximum atomic E-state index is 13.6. The number of thioether (sulfide) groups is 1. The first-order chi connectivity index (χ1) is 17.9. The van der Waals surface area contributed by atoms with Gasteiger partial charge in [0, 0.05) is 21.8 Å². The molecule has 0 unspecified atom stereocenters. The van der Waals surface area contributed by atoms with Crippen LogP contribution in [0.4, 0.5) is 11.4 Å².